The van der Waals surface area contributed by atoms with E-state index >= 15 is 0 Å². The van der Waals surface area contributed by atoms with Crippen molar-refractivity contribution in [1.82, 2.24) is 10.2 Å². The SMILES string of the molecule is COCC(=O)NCCCN1CCc2ccccc2C1. The molecule has 0 aromatic heterocycles. The lowest BCUT2D eigenvalue weighted by atomic mass is 10.00. The van der Waals surface area contributed by atoms with Crippen LogP contribution in [-0.4, -0.2) is 44.2 Å². The molecular weight excluding hydrogens is 240 g/mol. The number of nitrogens with one attached hydrogen (secondary N) is 1. The summed E-state index contributed by atoms with van der Waals surface area (Å²) < 4.78 is 4.77. The molecule has 0 bridgehead atoms. The zero-order chi connectivity index (χ0) is 13.5. The molecule has 1 aromatic carbocycles. The van der Waals surface area contributed by atoms with Gasteiger partial charge in [0.15, 0.2) is 0 Å². The number of carbonyl (C=O) groups is 1. The zero-order valence-electron chi connectivity index (χ0n) is 11.5. The van der Waals surface area contributed by atoms with E-state index in [0.717, 1.165) is 39.0 Å². The summed E-state index contributed by atoms with van der Waals surface area (Å²) in [6.07, 6.45) is 2.11. The Morgan fingerprint density at radius 3 is 2.95 bits per heavy atom. The Kier molecular flexibility index (Phi) is 5.36. The molecule has 0 saturated heterocycles. The van der Waals surface area contributed by atoms with Crippen LogP contribution in [0.1, 0.15) is 17.5 Å². The van der Waals surface area contributed by atoms with Crippen molar-refractivity contribution in [2.24, 2.45) is 0 Å². The van der Waals surface area contributed by atoms with E-state index in [-0.39, 0.29) is 12.5 Å². The molecule has 0 unspecified atom stereocenters. The fourth-order valence-electron chi connectivity index (χ4n) is 2.46. The monoisotopic (exact) mass is 262 g/mol. The van der Waals surface area contributed by atoms with Crippen molar-refractivity contribution in [2.75, 3.05) is 33.4 Å². The second-order valence-corrected chi connectivity index (χ2v) is 4.93. The fourth-order valence-corrected chi connectivity index (χ4v) is 2.46. The van der Waals surface area contributed by atoms with E-state index in [1.165, 1.54) is 18.2 Å². The molecule has 0 aliphatic carbocycles. The number of fused-ring (bicyclic) bond motifs is 1. The van der Waals surface area contributed by atoms with Gasteiger partial charge in [0.1, 0.15) is 6.61 Å². The number of nitrogens with zero attached hydrogens (tertiary/aromatic N) is 1. The first kappa shape index (κ1) is 14.0. The second kappa shape index (κ2) is 7.26. The van der Waals surface area contributed by atoms with Crippen molar-refractivity contribution in [3.05, 3.63) is 35.4 Å². The van der Waals surface area contributed by atoms with Crippen LogP contribution in [0.15, 0.2) is 24.3 Å². The number of amides is 1. The third-order valence-corrected chi connectivity index (χ3v) is 3.46. The van der Waals surface area contributed by atoms with Crippen LogP contribution in [0.5, 0.6) is 0 Å². The lowest BCUT2D eigenvalue weighted by Gasteiger charge is -2.28. The average molecular weight is 262 g/mol. The van der Waals surface area contributed by atoms with Gasteiger partial charge < -0.3 is 10.1 Å². The normalized spacial score (nSPS) is 15.0. The Morgan fingerprint density at radius 1 is 1.37 bits per heavy atom. The number of hydrogen-bond acceptors (Lipinski definition) is 3. The van der Waals surface area contributed by atoms with E-state index in [1.54, 1.807) is 0 Å². The van der Waals surface area contributed by atoms with Crippen LogP contribution in [0.25, 0.3) is 0 Å². The Morgan fingerprint density at radius 2 is 2.16 bits per heavy atom. The summed E-state index contributed by atoms with van der Waals surface area (Å²) in [4.78, 5) is 13.7. The van der Waals surface area contributed by atoms with E-state index in [2.05, 4.69) is 34.5 Å². The van der Waals surface area contributed by atoms with Gasteiger partial charge in [-0.25, -0.2) is 0 Å². The minimum absolute atomic E-state index is 0.0357. The molecule has 104 valence electrons. The van der Waals surface area contributed by atoms with E-state index in [1.807, 2.05) is 0 Å². The summed E-state index contributed by atoms with van der Waals surface area (Å²) in [6.45, 7) is 4.05. The maximum atomic E-state index is 11.2. The highest BCUT2D eigenvalue weighted by Gasteiger charge is 2.14. The van der Waals surface area contributed by atoms with E-state index in [0.29, 0.717) is 0 Å². The molecule has 1 amide bonds. The highest BCUT2D eigenvalue weighted by Crippen LogP contribution is 2.18. The maximum absolute atomic E-state index is 11.2. The molecule has 1 aliphatic rings. The van der Waals surface area contributed by atoms with Gasteiger partial charge in [-0.2, -0.15) is 0 Å². The molecule has 0 atom stereocenters. The summed E-state index contributed by atoms with van der Waals surface area (Å²) in [5.41, 5.74) is 2.92. The summed E-state index contributed by atoms with van der Waals surface area (Å²) in [7, 11) is 1.53. The van der Waals surface area contributed by atoms with Crippen LogP contribution < -0.4 is 5.32 Å². The van der Waals surface area contributed by atoms with Crippen LogP contribution in [0.3, 0.4) is 0 Å². The average Bonchev–Trinajstić information content (AvgIpc) is 2.44. The minimum atomic E-state index is -0.0357. The van der Waals surface area contributed by atoms with Gasteiger partial charge in [0.2, 0.25) is 5.91 Å². The first-order chi connectivity index (χ1) is 9.29. The lowest BCUT2D eigenvalue weighted by molar-refractivity contribution is -0.124. The first-order valence-electron chi connectivity index (χ1n) is 6.84. The van der Waals surface area contributed by atoms with Crippen molar-refractivity contribution in [1.29, 1.82) is 0 Å². The Labute approximate surface area is 114 Å². The van der Waals surface area contributed by atoms with Crippen LogP contribution in [-0.2, 0) is 22.5 Å². The molecule has 2 rings (SSSR count). The third-order valence-electron chi connectivity index (χ3n) is 3.46. The fraction of sp³-hybridized carbons (Fsp3) is 0.533. The zero-order valence-corrected chi connectivity index (χ0v) is 11.5. The van der Waals surface area contributed by atoms with E-state index < -0.39 is 0 Å². The molecule has 1 heterocycles. The molecule has 0 fully saturated rings. The Bertz CT molecular complexity index is 420. The topological polar surface area (TPSA) is 41.6 Å². The van der Waals surface area contributed by atoms with Gasteiger partial charge in [-0.05, 0) is 24.0 Å². The highest BCUT2D eigenvalue weighted by molar-refractivity contribution is 5.77. The molecule has 1 N–H and O–H groups in total. The Balaban J connectivity index is 1.67. The molecule has 0 saturated carbocycles. The van der Waals surface area contributed by atoms with Crippen molar-refractivity contribution >= 4 is 5.91 Å². The van der Waals surface area contributed by atoms with Gasteiger partial charge in [-0.1, -0.05) is 24.3 Å². The minimum Gasteiger partial charge on any atom is -0.375 e. The van der Waals surface area contributed by atoms with Gasteiger partial charge in [0.05, 0.1) is 0 Å². The highest BCUT2D eigenvalue weighted by atomic mass is 16.5. The molecular formula is C15H22N2O2. The molecule has 0 spiro atoms. The van der Waals surface area contributed by atoms with Gasteiger partial charge in [0.25, 0.3) is 0 Å². The van der Waals surface area contributed by atoms with Crippen molar-refractivity contribution in [3.63, 3.8) is 0 Å². The number of hydrogen-bond donors (Lipinski definition) is 1. The van der Waals surface area contributed by atoms with Crippen LogP contribution in [0.4, 0.5) is 0 Å². The van der Waals surface area contributed by atoms with E-state index in [9.17, 15) is 4.79 Å². The van der Waals surface area contributed by atoms with Crippen molar-refractivity contribution in [2.45, 2.75) is 19.4 Å². The number of rotatable bonds is 6. The molecule has 1 aromatic rings. The molecule has 4 nitrogen and oxygen atoms in total. The van der Waals surface area contributed by atoms with Gasteiger partial charge in [-0.15, -0.1) is 0 Å². The predicted octanol–water partition coefficient (Wildman–Crippen LogP) is 1.20. The van der Waals surface area contributed by atoms with Crippen LogP contribution in [0.2, 0.25) is 0 Å². The van der Waals surface area contributed by atoms with Crippen LogP contribution in [0, 0.1) is 0 Å². The molecule has 19 heavy (non-hydrogen) atoms. The molecule has 4 heteroatoms. The quantitative estimate of drug-likeness (QED) is 0.783. The Hall–Kier alpha value is -1.39. The van der Waals surface area contributed by atoms with E-state index in [4.69, 9.17) is 4.74 Å². The van der Waals surface area contributed by atoms with Crippen molar-refractivity contribution in [3.8, 4) is 0 Å². The summed E-state index contributed by atoms with van der Waals surface area (Å²) >= 11 is 0. The molecule has 1 aliphatic heterocycles. The number of benzene rings is 1. The third kappa shape index (κ3) is 4.33. The summed E-state index contributed by atoms with van der Waals surface area (Å²) in [6, 6.07) is 8.65. The van der Waals surface area contributed by atoms with Crippen molar-refractivity contribution < 1.29 is 9.53 Å². The number of methoxy groups -OCH3 is 1. The largest absolute Gasteiger partial charge is 0.375 e. The standard InChI is InChI=1S/C15H22N2O2/c1-19-12-15(18)16-8-4-9-17-10-7-13-5-2-3-6-14(13)11-17/h2-3,5-6H,4,7-12H2,1H3,(H,16,18). The smallest absolute Gasteiger partial charge is 0.245 e. The molecule has 0 radical (unpaired) electrons. The number of ether oxygens (including phenoxy) is 1. The van der Waals surface area contributed by atoms with Gasteiger partial charge >= 0.3 is 0 Å². The van der Waals surface area contributed by atoms with Gasteiger partial charge in [-0.3, -0.25) is 9.69 Å². The first-order valence-corrected chi connectivity index (χ1v) is 6.84. The predicted molar refractivity (Wildman–Crippen MR) is 74.9 cm³/mol. The maximum Gasteiger partial charge on any atom is 0.245 e. The van der Waals surface area contributed by atoms with Gasteiger partial charge in [0, 0.05) is 33.3 Å². The lowest BCUT2D eigenvalue weighted by Crippen LogP contribution is -2.34. The van der Waals surface area contributed by atoms with Crippen LogP contribution >= 0.6 is 0 Å². The summed E-state index contributed by atoms with van der Waals surface area (Å²) in [5, 5.41) is 2.85. The second-order valence-electron chi connectivity index (χ2n) is 4.93. The summed E-state index contributed by atoms with van der Waals surface area (Å²) in [5.74, 6) is -0.0357. The number of carbonyl (C=O) groups excluding carboxylic acids is 1.